The van der Waals surface area contributed by atoms with E-state index in [0.29, 0.717) is 23.5 Å². The van der Waals surface area contributed by atoms with E-state index in [0.717, 1.165) is 37.8 Å². The lowest BCUT2D eigenvalue weighted by Crippen LogP contribution is -2.47. The minimum atomic E-state index is -0.0149. The van der Waals surface area contributed by atoms with E-state index >= 15 is 0 Å². The van der Waals surface area contributed by atoms with Crippen LogP contribution in [-0.2, 0) is 4.74 Å². The highest BCUT2D eigenvalue weighted by Gasteiger charge is 2.42. The maximum atomic E-state index is 12.4. The smallest absolute Gasteiger partial charge is 0.255 e. The average molecular weight is 304 g/mol. The third kappa shape index (κ3) is 2.68. The van der Waals surface area contributed by atoms with E-state index in [1.54, 1.807) is 0 Å². The molecule has 22 heavy (non-hydrogen) atoms. The summed E-state index contributed by atoms with van der Waals surface area (Å²) >= 11 is 0. The molecule has 0 aromatic carbocycles. The minimum absolute atomic E-state index is 0.0149. The molecule has 0 bridgehead atoms. The van der Waals surface area contributed by atoms with Crippen molar-refractivity contribution < 1.29 is 13.9 Å². The molecular formula is C17H24N2O3. The number of nitrogens with one attached hydrogen (secondary N) is 1. The van der Waals surface area contributed by atoms with Gasteiger partial charge < -0.3 is 14.5 Å². The number of fused-ring (bicyclic) bond motifs is 1. The van der Waals surface area contributed by atoms with Gasteiger partial charge in [0, 0.05) is 25.2 Å². The van der Waals surface area contributed by atoms with Crippen LogP contribution in [0, 0.1) is 19.8 Å². The monoisotopic (exact) mass is 304 g/mol. The van der Waals surface area contributed by atoms with Crippen molar-refractivity contribution >= 4 is 5.91 Å². The van der Waals surface area contributed by atoms with Gasteiger partial charge in [0.05, 0.1) is 18.3 Å². The number of carbonyl (C=O) groups excluding carboxylic acids is 1. The Balaban J connectivity index is 1.36. The largest absolute Gasteiger partial charge is 0.466 e. The summed E-state index contributed by atoms with van der Waals surface area (Å²) in [5.41, 5.74) is 0.662. The average Bonchev–Trinajstić information content (AvgIpc) is 3.16. The molecule has 1 aliphatic carbocycles. The molecule has 3 aliphatic rings. The van der Waals surface area contributed by atoms with Gasteiger partial charge >= 0.3 is 0 Å². The van der Waals surface area contributed by atoms with E-state index in [1.165, 1.54) is 12.8 Å². The lowest BCUT2D eigenvalue weighted by molar-refractivity contribution is -0.0581. The van der Waals surface area contributed by atoms with Crippen molar-refractivity contribution in [1.29, 1.82) is 0 Å². The van der Waals surface area contributed by atoms with E-state index in [9.17, 15) is 4.79 Å². The van der Waals surface area contributed by atoms with Gasteiger partial charge in [0.15, 0.2) is 0 Å². The molecule has 2 saturated heterocycles. The fourth-order valence-electron chi connectivity index (χ4n) is 3.88. The number of nitrogens with zero attached hydrogens (tertiary/aromatic N) is 1. The van der Waals surface area contributed by atoms with Gasteiger partial charge in [0.1, 0.15) is 11.5 Å². The minimum Gasteiger partial charge on any atom is -0.466 e. The van der Waals surface area contributed by atoms with Crippen molar-refractivity contribution in [2.24, 2.45) is 5.92 Å². The van der Waals surface area contributed by atoms with Gasteiger partial charge in [-0.2, -0.15) is 0 Å². The predicted octanol–water partition coefficient (Wildman–Crippen LogP) is 1.88. The molecule has 120 valence electrons. The molecule has 1 aromatic rings. The van der Waals surface area contributed by atoms with Crippen molar-refractivity contribution in [3.05, 3.63) is 23.2 Å². The summed E-state index contributed by atoms with van der Waals surface area (Å²) in [4.78, 5) is 14.9. The highest BCUT2D eigenvalue weighted by Crippen LogP contribution is 2.37. The van der Waals surface area contributed by atoms with Crippen molar-refractivity contribution in [3.63, 3.8) is 0 Å². The Morgan fingerprint density at radius 3 is 2.82 bits per heavy atom. The Morgan fingerprint density at radius 1 is 1.32 bits per heavy atom. The zero-order valence-corrected chi connectivity index (χ0v) is 13.3. The molecule has 5 heteroatoms. The molecule has 3 atom stereocenters. The Morgan fingerprint density at radius 2 is 2.14 bits per heavy atom. The van der Waals surface area contributed by atoms with Gasteiger partial charge in [-0.15, -0.1) is 0 Å². The Kier molecular flexibility index (Phi) is 3.50. The third-order valence-corrected chi connectivity index (χ3v) is 5.21. The zero-order chi connectivity index (χ0) is 15.3. The molecule has 1 aromatic heterocycles. The number of aryl methyl sites for hydroxylation is 2. The van der Waals surface area contributed by atoms with Crippen LogP contribution >= 0.6 is 0 Å². The molecule has 3 fully saturated rings. The first-order chi connectivity index (χ1) is 10.6. The van der Waals surface area contributed by atoms with Crippen LogP contribution in [0.5, 0.6) is 0 Å². The summed E-state index contributed by atoms with van der Waals surface area (Å²) in [6.07, 6.45) is 4.05. The summed E-state index contributed by atoms with van der Waals surface area (Å²) < 4.78 is 11.5. The summed E-state index contributed by atoms with van der Waals surface area (Å²) in [5, 5.41) is 3.17. The number of amides is 1. The maximum absolute atomic E-state index is 12.4. The molecule has 1 saturated carbocycles. The molecule has 1 N–H and O–H groups in total. The molecule has 3 unspecified atom stereocenters. The second-order valence-corrected chi connectivity index (χ2v) is 7.05. The quantitative estimate of drug-likeness (QED) is 0.926. The molecule has 5 nitrogen and oxygen atoms in total. The van der Waals surface area contributed by atoms with E-state index in [4.69, 9.17) is 9.15 Å². The highest BCUT2D eigenvalue weighted by atomic mass is 16.5. The molecule has 2 aliphatic heterocycles. The van der Waals surface area contributed by atoms with Gasteiger partial charge in [-0.3, -0.25) is 9.69 Å². The highest BCUT2D eigenvalue weighted by molar-refractivity contribution is 5.95. The van der Waals surface area contributed by atoms with Crippen molar-refractivity contribution in [1.82, 2.24) is 10.2 Å². The molecular weight excluding hydrogens is 280 g/mol. The zero-order valence-electron chi connectivity index (χ0n) is 13.3. The molecule has 0 radical (unpaired) electrons. The van der Waals surface area contributed by atoms with Crippen molar-refractivity contribution in [2.45, 2.75) is 51.3 Å². The summed E-state index contributed by atoms with van der Waals surface area (Å²) in [7, 11) is 0. The van der Waals surface area contributed by atoms with Crippen LogP contribution in [0.25, 0.3) is 0 Å². The number of rotatable bonds is 3. The van der Waals surface area contributed by atoms with Crippen LogP contribution < -0.4 is 5.32 Å². The van der Waals surface area contributed by atoms with E-state index in [2.05, 4.69) is 10.2 Å². The second-order valence-electron chi connectivity index (χ2n) is 7.05. The van der Waals surface area contributed by atoms with Crippen LogP contribution in [0.2, 0.25) is 0 Å². The topological polar surface area (TPSA) is 54.7 Å². The lowest BCUT2D eigenvalue weighted by atomic mass is 10.1. The van der Waals surface area contributed by atoms with Gasteiger partial charge in [-0.25, -0.2) is 0 Å². The maximum Gasteiger partial charge on any atom is 0.255 e. The van der Waals surface area contributed by atoms with Crippen LogP contribution in [0.15, 0.2) is 10.5 Å². The SMILES string of the molecule is Cc1cc(C(=O)NC2CC3COC(C4CC4)CN3C2)c(C)o1. The number of furan rings is 1. The fourth-order valence-corrected chi connectivity index (χ4v) is 3.88. The van der Waals surface area contributed by atoms with E-state index in [1.807, 2.05) is 19.9 Å². The van der Waals surface area contributed by atoms with Crippen LogP contribution in [-0.4, -0.2) is 48.7 Å². The second kappa shape index (κ2) is 5.39. The van der Waals surface area contributed by atoms with Crippen LogP contribution in [0.3, 0.4) is 0 Å². The number of hydrogen-bond donors (Lipinski definition) is 1. The van der Waals surface area contributed by atoms with Crippen LogP contribution in [0.1, 0.15) is 41.1 Å². The number of hydrogen-bond acceptors (Lipinski definition) is 4. The Labute approximate surface area is 131 Å². The standard InChI is InChI=1S/C17H24N2O3/c1-10-5-15(11(2)22-10)17(20)18-13-6-14-9-21-16(12-3-4-12)8-19(14)7-13/h5,12-14,16H,3-4,6-9H2,1-2H3,(H,18,20). The van der Waals surface area contributed by atoms with Crippen molar-refractivity contribution in [3.8, 4) is 0 Å². The van der Waals surface area contributed by atoms with Gasteiger partial charge in [-0.05, 0) is 45.1 Å². The first-order valence-corrected chi connectivity index (χ1v) is 8.33. The summed E-state index contributed by atoms with van der Waals surface area (Å²) in [6, 6.07) is 2.50. The first-order valence-electron chi connectivity index (χ1n) is 8.33. The first kappa shape index (κ1) is 14.3. The van der Waals surface area contributed by atoms with E-state index in [-0.39, 0.29) is 11.9 Å². The number of morpholine rings is 1. The normalized spacial score (nSPS) is 32.0. The summed E-state index contributed by atoms with van der Waals surface area (Å²) in [5.74, 6) is 2.25. The predicted molar refractivity (Wildman–Crippen MR) is 81.9 cm³/mol. The molecule has 4 rings (SSSR count). The van der Waals surface area contributed by atoms with E-state index < -0.39 is 0 Å². The third-order valence-electron chi connectivity index (χ3n) is 5.21. The molecule has 1 amide bonds. The number of ether oxygens (including phenoxy) is 1. The van der Waals surface area contributed by atoms with Crippen molar-refractivity contribution in [2.75, 3.05) is 19.7 Å². The lowest BCUT2D eigenvalue weighted by Gasteiger charge is -2.35. The van der Waals surface area contributed by atoms with Gasteiger partial charge in [0.25, 0.3) is 5.91 Å². The number of carbonyl (C=O) groups is 1. The molecule has 3 heterocycles. The van der Waals surface area contributed by atoms with Crippen LogP contribution in [0.4, 0.5) is 0 Å². The Bertz CT molecular complexity index is 578. The van der Waals surface area contributed by atoms with Gasteiger partial charge in [0.2, 0.25) is 0 Å². The Hall–Kier alpha value is -1.33. The summed E-state index contributed by atoms with van der Waals surface area (Å²) in [6.45, 7) is 6.50. The fraction of sp³-hybridized carbons (Fsp3) is 0.706. The van der Waals surface area contributed by atoms with Gasteiger partial charge in [-0.1, -0.05) is 0 Å². The molecule has 0 spiro atoms.